The zero-order chi connectivity index (χ0) is 45.6. The van der Waals surface area contributed by atoms with Gasteiger partial charge in [0.25, 0.3) is 6.47 Å². The number of nitrogens with one attached hydrogen (secondary N) is 2. The Morgan fingerprint density at radius 3 is 1.86 bits per heavy atom. The molecule has 2 aromatic heterocycles. The van der Waals surface area contributed by atoms with Crippen LogP contribution in [0.15, 0.2) is 54.9 Å². The monoisotopic (exact) mass is 1160 g/mol. The second kappa shape index (κ2) is 37.3. The van der Waals surface area contributed by atoms with Crippen molar-refractivity contribution >= 4 is 52.7 Å². The van der Waals surface area contributed by atoms with Crippen molar-refractivity contribution in [2.24, 2.45) is 0 Å². The summed E-state index contributed by atoms with van der Waals surface area (Å²) in [4.78, 5) is 48.2. The van der Waals surface area contributed by atoms with Gasteiger partial charge in [-0.3, -0.25) is 19.0 Å². The number of rotatable bonds is 24. The van der Waals surface area contributed by atoms with Crippen LogP contribution in [-0.4, -0.2) is 77.0 Å². The van der Waals surface area contributed by atoms with Crippen molar-refractivity contribution in [3.05, 3.63) is 54.9 Å². The summed E-state index contributed by atoms with van der Waals surface area (Å²) in [6.45, 7) is 6.50. The Balaban J connectivity index is 0.000000728. The number of hydrogen-bond donors (Lipinski definition) is 3. The number of carbonyl (C=O) groups is 3. The fourth-order valence-electron chi connectivity index (χ4n) is 7.29. The first-order chi connectivity index (χ1) is 31.3. The summed E-state index contributed by atoms with van der Waals surface area (Å²) >= 11 is 0. The van der Waals surface area contributed by atoms with Gasteiger partial charge in [-0.15, -0.1) is 0 Å². The van der Waals surface area contributed by atoms with Gasteiger partial charge in [0, 0.05) is 36.9 Å². The third-order valence-corrected chi connectivity index (χ3v) is 10.6. The molecule has 2 aromatic carbocycles. The second-order valence-corrected chi connectivity index (χ2v) is 15.6. The molecular formula is C47H69Cs2N7O10. The van der Waals surface area contributed by atoms with Crippen molar-refractivity contribution in [2.45, 2.75) is 142 Å². The summed E-state index contributed by atoms with van der Waals surface area (Å²) in [6, 6.07) is 15.7. The maximum Gasteiger partial charge on any atom is 1.00 e. The number of unbranched alkanes of at least 4 members (excludes halogenated alkanes) is 6. The van der Waals surface area contributed by atoms with Gasteiger partial charge in [-0.25, -0.2) is 4.98 Å². The normalized spacial score (nSPS) is 14.3. The Morgan fingerprint density at radius 1 is 0.788 bits per heavy atom. The predicted molar refractivity (Wildman–Crippen MR) is 244 cm³/mol. The molecule has 4 aromatic rings. The first kappa shape index (κ1) is 60.5. The number of esters is 2. The average molecular weight is 1160 g/mol. The van der Waals surface area contributed by atoms with Gasteiger partial charge in [-0.1, -0.05) is 44.9 Å². The molecule has 19 heteroatoms. The Labute approximate surface area is 509 Å². The van der Waals surface area contributed by atoms with Gasteiger partial charge in [-0.05, 0) is 120 Å². The molecule has 17 nitrogen and oxygen atoms in total. The molecule has 0 bridgehead atoms. The van der Waals surface area contributed by atoms with Gasteiger partial charge in [0.05, 0.1) is 32.8 Å². The van der Waals surface area contributed by atoms with Gasteiger partial charge < -0.3 is 51.6 Å². The number of hydrogen-bond acceptors (Lipinski definition) is 16. The molecule has 0 spiro atoms. The largest absolute Gasteiger partial charge is 1.00 e. The fourth-order valence-corrected chi connectivity index (χ4v) is 7.29. The molecule has 3 heterocycles. The van der Waals surface area contributed by atoms with Crippen LogP contribution in [0.5, 0.6) is 11.5 Å². The van der Waals surface area contributed by atoms with Gasteiger partial charge in [0.2, 0.25) is 5.95 Å². The summed E-state index contributed by atoms with van der Waals surface area (Å²) < 4.78 is 29.5. The Hall–Kier alpha value is -1.58. The Morgan fingerprint density at radius 2 is 1.33 bits per heavy atom. The predicted octanol–water partition coefficient (Wildman–Crippen LogP) is 2.62. The van der Waals surface area contributed by atoms with Crippen LogP contribution in [0.2, 0.25) is 0 Å². The zero-order valence-corrected chi connectivity index (χ0v) is 52.2. The smallest absolute Gasteiger partial charge is 1.00 e. The molecule has 1 saturated carbocycles. The molecule has 2 aliphatic rings. The molecule has 1 aliphatic heterocycles. The van der Waals surface area contributed by atoms with Crippen LogP contribution in [0, 0.1) is 0 Å². The number of nitrogens with two attached hydrogens (primary N) is 1. The minimum Gasteiger partial charge on any atom is -1.00 e. The van der Waals surface area contributed by atoms with E-state index < -0.39 is 0 Å². The van der Waals surface area contributed by atoms with E-state index in [2.05, 4.69) is 20.1 Å². The maximum atomic E-state index is 11.4. The van der Waals surface area contributed by atoms with Crippen molar-refractivity contribution in [3.8, 4) is 11.5 Å². The van der Waals surface area contributed by atoms with Crippen LogP contribution < -0.4 is 169 Å². The van der Waals surface area contributed by atoms with Crippen LogP contribution >= 0.6 is 0 Å². The van der Waals surface area contributed by atoms with Crippen molar-refractivity contribution in [1.29, 1.82) is 0 Å². The number of anilines is 4. The number of nitrogen functional groups attached to an aromatic ring is 1. The van der Waals surface area contributed by atoms with E-state index in [-0.39, 0.29) is 164 Å². The summed E-state index contributed by atoms with van der Waals surface area (Å²) in [6.07, 6.45) is 19.9. The molecule has 66 heavy (non-hydrogen) atoms. The SMILES string of the molecule is CCOC(=O)CCCCCCOc1ccc(N)cc1.CCOC(=O)CCCCCCOc1ccc(Nc2nc(NC3CCCCC3)c3ncn(C4CCCCO4)c3n2)cc1.O=CO[O-].[Cs+].[Cs+].[H-]. The van der Waals surface area contributed by atoms with Crippen LogP contribution in [0.25, 0.3) is 11.2 Å². The van der Waals surface area contributed by atoms with E-state index in [1.165, 1.54) is 19.3 Å². The van der Waals surface area contributed by atoms with Crippen LogP contribution in [0.4, 0.5) is 23.1 Å². The summed E-state index contributed by atoms with van der Waals surface area (Å²) in [5.74, 6) is 2.78. The van der Waals surface area contributed by atoms with E-state index in [0.717, 1.165) is 130 Å². The Bertz CT molecular complexity index is 1920. The topological polar surface area (TPSA) is 223 Å². The second-order valence-electron chi connectivity index (χ2n) is 15.6. The number of benzene rings is 2. The average Bonchev–Trinajstić information content (AvgIpc) is 3.75. The summed E-state index contributed by atoms with van der Waals surface area (Å²) in [7, 11) is 0. The van der Waals surface area contributed by atoms with Gasteiger partial charge in [0.1, 0.15) is 17.7 Å². The Kier molecular flexibility index (Phi) is 34.2. The van der Waals surface area contributed by atoms with Gasteiger partial charge in [-0.2, -0.15) is 9.97 Å². The molecule has 2 fully saturated rings. The molecule has 0 radical (unpaired) electrons. The van der Waals surface area contributed by atoms with Crippen molar-refractivity contribution in [3.63, 3.8) is 0 Å². The van der Waals surface area contributed by atoms with Crippen LogP contribution in [0.3, 0.4) is 0 Å². The fraction of sp³-hybridized carbons (Fsp3) is 0.574. The summed E-state index contributed by atoms with van der Waals surface area (Å²) in [5, 5.41) is 15.5. The van der Waals surface area contributed by atoms with E-state index in [4.69, 9.17) is 54.4 Å². The third kappa shape index (κ3) is 24.3. The molecule has 1 aliphatic carbocycles. The van der Waals surface area contributed by atoms with E-state index in [0.29, 0.717) is 51.3 Å². The minimum atomic E-state index is -0.181. The molecular weight excluding hydrogens is 1090 g/mol. The van der Waals surface area contributed by atoms with E-state index in [1.807, 2.05) is 68.7 Å². The molecule has 1 unspecified atom stereocenters. The quantitative estimate of drug-likeness (QED) is 0.0229. The van der Waals surface area contributed by atoms with E-state index >= 15 is 0 Å². The number of aromatic nitrogens is 4. The molecule has 354 valence electrons. The molecule has 1 atom stereocenters. The number of nitrogens with zero attached hydrogens (tertiary/aromatic N) is 4. The van der Waals surface area contributed by atoms with Gasteiger partial charge in [0.15, 0.2) is 17.0 Å². The molecule has 0 amide bonds. The first-order valence-electron chi connectivity index (χ1n) is 23.0. The standard InChI is InChI=1S/C31H44N6O4.C15H23NO3.CH2O3.2Cs.H/c1-2-39-27(38)15-8-3-4-10-20-40-25-18-16-24(17-19-25)34-31-35-29(33-23-12-6-5-7-13-23)28-30(36-31)37(22-32-28)26-14-9-11-21-41-26;1-2-18-15(17)7-5-3-4-6-12-19-14-10-8-13(16)9-11-14;2-1-4-3;;;/h16-19,22-23,26H,2-15,20-21H2,1H3,(H2,33,34,35,36);8-11H,2-7,12,16H2,1H3;1,3H;;;/q;;;2*+1;-1/p-1. The first-order valence-corrected chi connectivity index (χ1v) is 23.0. The van der Waals surface area contributed by atoms with Crippen molar-refractivity contribution in [2.75, 3.05) is 49.4 Å². The maximum absolute atomic E-state index is 11.4. The zero-order valence-electron chi connectivity index (χ0n) is 40.6. The number of ether oxygens (including phenoxy) is 5. The molecule has 4 N–H and O–H groups in total. The number of imidazole rings is 1. The number of carbonyl (C=O) groups excluding carboxylic acids is 3. The third-order valence-electron chi connectivity index (χ3n) is 10.6. The van der Waals surface area contributed by atoms with E-state index in [1.54, 1.807) is 0 Å². The molecule has 1 saturated heterocycles. The summed E-state index contributed by atoms with van der Waals surface area (Å²) in [5.41, 5.74) is 8.80. The number of fused-ring (bicyclic) bond motifs is 1. The molecule has 6 rings (SSSR count). The van der Waals surface area contributed by atoms with Crippen LogP contribution in [-0.2, 0) is 33.5 Å². The van der Waals surface area contributed by atoms with Crippen LogP contribution in [0.1, 0.15) is 137 Å². The minimum absolute atomic E-state index is 0. The van der Waals surface area contributed by atoms with Gasteiger partial charge >= 0.3 is 150 Å². The van der Waals surface area contributed by atoms with Crippen molar-refractivity contribution < 1.29 is 187 Å². The van der Waals surface area contributed by atoms with E-state index in [9.17, 15) is 9.59 Å². The van der Waals surface area contributed by atoms with Crippen molar-refractivity contribution in [1.82, 2.24) is 19.5 Å².